The molecule has 0 bridgehead atoms. The summed E-state index contributed by atoms with van der Waals surface area (Å²) < 4.78 is 19.4. The van der Waals surface area contributed by atoms with E-state index in [2.05, 4.69) is 26.1 Å². The van der Waals surface area contributed by atoms with Crippen LogP contribution in [-0.2, 0) is 11.3 Å². The number of anilines is 1. The number of methoxy groups -OCH3 is 1. The highest BCUT2D eigenvalue weighted by molar-refractivity contribution is 9.10. The SMILES string of the molecule is COCc1cc(Br)c(F)c(-c2cc(N)n[nH]2)c1. The van der Waals surface area contributed by atoms with Gasteiger partial charge in [0, 0.05) is 18.7 Å². The van der Waals surface area contributed by atoms with Crippen molar-refractivity contribution in [2.45, 2.75) is 6.61 Å². The van der Waals surface area contributed by atoms with Gasteiger partial charge in [0.25, 0.3) is 0 Å². The third-order valence-electron chi connectivity index (χ3n) is 2.29. The highest BCUT2D eigenvalue weighted by Gasteiger charge is 2.12. The van der Waals surface area contributed by atoms with Gasteiger partial charge in [0.15, 0.2) is 0 Å². The van der Waals surface area contributed by atoms with Crippen molar-refractivity contribution in [3.8, 4) is 11.3 Å². The molecule has 0 saturated carbocycles. The highest BCUT2D eigenvalue weighted by Crippen LogP contribution is 2.29. The van der Waals surface area contributed by atoms with Crippen molar-refractivity contribution in [3.05, 3.63) is 34.1 Å². The average Bonchev–Trinajstić information content (AvgIpc) is 2.70. The molecule has 3 N–H and O–H groups in total. The van der Waals surface area contributed by atoms with Crippen molar-refractivity contribution < 1.29 is 9.13 Å². The number of aromatic amines is 1. The number of ether oxygens (including phenoxy) is 1. The molecule has 0 amide bonds. The van der Waals surface area contributed by atoms with E-state index in [4.69, 9.17) is 10.5 Å². The maximum absolute atomic E-state index is 13.9. The van der Waals surface area contributed by atoms with Crippen molar-refractivity contribution in [1.29, 1.82) is 0 Å². The number of rotatable bonds is 3. The molecule has 2 rings (SSSR count). The maximum atomic E-state index is 13.9. The summed E-state index contributed by atoms with van der Waals surface area (Å²) in [5.41, 5.74) is 7.32. The largest absolute Gasteiger partial charge is 0.382 e. The number of nitrogen functional groups attached to an aromatic ring is 1. The van der Waals surface area contributed by atoms with Crippen LogP contribution in [0.3, 0.4) is 0 Å². The van der Waals surface area contributed by atoms with Crippen LogP contribution in [-0.4, -0.2) is 17.3 Å². The van der Waals surface area contributed by atoms with Crippen molar-refractivity contribution in [2.75, 3.05) is 12.8 Å². The quantitative estimate of drug-likeness (QED) is 0.916. The molecule has 17 heavy (non-hydrogen) atoms. The molecule has 0 unspecified atom stereocenters. The van der Waals surface area contributed by atoms with Gasteiger partial charge in [-0.2, -0.15) is 5.10 Å². The van der Waals surface area contributed by atoms with E-state index in [1.54, 1.807) is 25.3 Å². The number of benzene rings is 1. The van der Waals surface area contributed by atoms with Gasteiger partial charge in [-0.15, -0.1) is 0 Å². The predicted octanol–water partition coefficient (Wildman–Crippen LogP) is 2.71. The topological polar surface area (TPSA) is 63.9 Å². The second-order valence-electron chi connectivity index (χ2n) is 3.58. The van der Waals surface area contributed by atoms with E-state index in [0.29, 0.717) is 28.2 Å². The molecule has 0 aliphatic heterocycles. The third kappa shape index (κ3) is 2.48. The zero-order chi connectivity index (χ0) is 12.4. The van der Waals surface area contributed by atoms with Crippen molar-refractivity contribution in [2.24, 2.45) is 0 Å². The fourth-order valence-corrected chi connectivity index (χ4v) is 2.07. The lowest BCUT2D eigenvalue weighted by Gasteiger charge is -2.06. The Morgan fingerprint density at radius 3 is 2.82 bits per heavy atom. The Morgan fingerprint density at radius 1 is 1.47 bits per heavy atom. The summed E-state index contributed by atoms with van der Waals surface area (Å²) in [6.07, 6.45) is 0. The first kappa shape index (κ1) is 12.1. The van der Waals surface area contributed by atoms with E-state index < -0.39 is 0 Å². The number of hydrogen-bond donors (Lipinski definition) is 2. The van der Waals surface area contributed by atoms with Crippen LogP contribution in [0.25, 0.3) is 11.3 Å². The number of H-pyrrole nitrogens is 1. The predicted molar refractivity (Wildman–Crippen MR) is 66.8 cm³/mol. The number of halogens is 2. The summed E-state index contributed by atoms with van der Waals surface area (Å²) in [4.78, 5) is 0. The molecule has 4 nitrogen and oxygen atoms in total. The van der Waals surface area contributed by atoms with Gasteiger partial charge in [0.2, 0.25) is 0 Å². The molecule has 6 heteroatoms. The lowest BCUT2D eigenvalue weighted by Crippen LogP contribution is -1.93. The van der Waals surface area contributed by atoms with Gasteiger partial charge in [-0.1, -0.05) is 0 Å². The molecule has 0 aliphatic rings. The Morgan fingerprint density at radius 2 is 2.24 bits per heavy atom. The maximum Gasteiger partial charge on any atom is 0.146 e. The number of nitrogens with one attached hydrogen (secondary N) is 1. The zero-order valence-corrected chi connectivity index (χ0v) is 10.7. The molecule has 1 aromatic carbocycles. The Kier molecular flexibility index (Phi) is 3.44. The van der Waals surface area contributed by atoms with Crippen molar-refractivity contribution in [3.63, 3.8) is 0 Å². The minimum Gasteiger partial charge on any atom is -0.382 e. The first-order valence-corrected chi connectivity index (χ1v) is 5.69. The van der Waals surface area contributed by atoms with Crippen LogP contribution in [0, 0.1) is 5.82 Å². The minimum atomic E-state index is -0.353. The highest BCUT2D eigenvalue weighted by atomic mass is 79.9. The van der Waals surface area contributed by atoms with E-state index in [-0.39, 0.29) is 5.82 Å². The molecule has 0 aliphatic carbocycles. The standard InChI is InChI=1S/C11H11BrFN3O/c1-17-5-6-2-7(11(13)8(12)3-6)9-4-10(14)16-15-9/h2-4H,5H2,1H3,(H3,14,15,16). The van der Waals surface area contributed by atoms with Gasteiger partial charge in [-0.25, -0.2) is 4.39 Å². The lowest BCUT2D eigenvalue weighted by atomic mass is 10.1. The zero-order valence-electron chi connectivity index (χ0n) is 9.13. The van der Waals surface area contributed by atoms with Gasteiger partial charge >= 0.3 is 0 Å². The Balaban J connectivity index is 2.52. The van der Waals surface area contributed by atoms with Crippen LogP contribution in [0.15, 0.2) is 22.7 Å². The second-order valence-corrected chi connectivity index (χ2v) is 4.43. The van der Waals surface area contributed by atoms with E-state index in [9.17, 15) is 4.39 Å². The van der Waals surface area contributed by atoms with E-state index in [1.807, 2.05) is 0 Å². The first-order valence-electron chi connectivity index (χ1n) is 4.90. The summed E-state index contributed by atoms with van der Waals surface area (Å²) in [7, 11) is 1.59. The van der Waals surface area contributed by atoms with Gasteiger partial charge in [0.05, 0.1) is 16.8 Å². The minimum absolute atomic E-state index is 0.327. The molecule has 2 aromatic rings. The van der Waals surface area contributed by atoms with Crippen molar-refractivity contribution in [1.82, 2.24) is 10.2 Å². The van der Waals surface area contributed by atoms with Crippen LogP contribution in [0.5, 0.6) is 0 Å². The Hall–Kier alpha value is -1.40. The first-order chi connectivity index (χ1) is 8.11. The van der Waals surface area contributed by atoms with Crippen molar-refractivity contribution >= 4 is 21.7 Å². The van der Waals surface area contributed by atoms with Crippen LogP contribution in [0.1, 0.15) is 5.56 Å². The molecular formula is C11H11BrFN3O. The number of aromatic nitrogens is 2. The number of nitrogens with zero attached hydrogens (tertiary/aromatic N) is 1. The van der Waals surface area contributed by atoms with E-state index in [0.717, 1.165) is 5.56 Å². The second kappa shape index (κ2) is 4.85. The van der Waals surface area contributed by atoms with E-state index >= 15 is 0 Å². The molecule has 0 fully saturated rings. The van der Waals surface area contributed by atoms with E-state index in [1.165, 1.54) is 0 Å². The van der Waals surface area contributed by atoms with Gasteiger partial charge in [-0.05, 0) is 33.6 Å². The lowest BCUT2D eigenvalue weighted by molar-refractivity contribution is 0.185. The van der Waals surface area contributed by atoms with Crippen LogP contribution < -0.4 is 5.73 Å². The van der Waals surface area contributed by atoms with Crippen LogP contribution in [0.2, 0.25) is 0 Å². The van der Waals surface area contributed by atoms with Gasteiger partial charge in [0.1, 0.15) is 11.6 Å². The summed E-state index contributed by atoms with van der Waals surface area (Å²) in [6, 6.07) is 4.97. The number of hydrogen-bond acceptors (Lipinski definition) is 3. The molecule has 90 valence electrons. The summed E-state index contributed by atoms with van der Waals surface area (Å²) >= 11 is 3.17. The molecule has 0 saturated heterocycles. The molecule has 0 spiro atoms. The summed E-state index contributed by atoms with van der Waals surface area (Å²) in [5.74, 6) is -0.0267. The fourth-order valence-electron chi connectivity index (χ4n) is 1.57. The van der Waals surface area contributed by atoms with Crippen LogP contribution in [0.4, 0.5) is 10.2 Å². The molecule has 1 aromatic heterocycles. The average molecular weight is 300 g/mol. The Labute approximate surface area is 106 Å². The number of nitrogens with two attached hydrogens (primary N) is 1. The van der Waals surface area contributed by atoms with Gasteiger partial charge < -0.3 is 10.5 Å². The smallest absolute Gasteiger partial charge is 0.146 e. The molecule has 0 radical (unpaired) electrons. The molecule has 1 heterocycles. The molecular weight excluding hydrogens is 289 g/mol. The normalized spacial score (nSPS) is 10.8. The Bertz CT molecular complexity index is 542. The molecule has 0 atom stereocenters. The summed E-state index contributed by atoms with van der Waals surface area (Å²) in [5, 5.41) is 6.46. The van der Waals surface area contributed by atoms with Crippen LogP contribution >= 0.6 is 15.9 Å². The third-order valence-corrected chi connectivity index (χ3v) is 2.86. The van der Waals surface area contributed by atoms with Gasteiger partial charge in [-0.3, -0.25) is 5.10 Å². The monoisotopic (exact) mass is 299 g/mol. The fraction of sp³-hybridized carbons (Fsp3) is 0.182. The summed E-state index contributed by atoms with van der Waals surface area (Å²) in [6.45, 7) is 0.412.